The zero-order chi connectivity index (χ0) is 18.2. The van der Waals surface area contributed by atoms with Crippen molar-refractivity contribution >= 4 is 15.7 Å². The molecule has 0 amide bonds. The van der Waals surface area contributed by atoms with Crippen LogP contribution in [0.25, 0.3) is 0 Å². The van der Waals surface area contributed by atoms with Gasteiger partial charge in [-0.05, 0) is 74.6 Å². The van der Waals surface area contributed by atoms with Crippen LogP contribution in [0.2, 0.25) is 0 Å². The SMILES string of the molecule is COc1cc(C)c(S(=O)(=O)Nc2cc(C)cc(C)c2O)c(C)c1C. The summed E-state index contributed by atoms with van der Waals surface area (Å²) < 4.78 is 33.6. The fraction of sp³-hybridized carbons (Fsp3) is 0.333. The highest BCUT2D eigenvalue weighted by Crippen LogP contribution is 2.34. The third kappa shape index (κ3) is 3.19. The number of anilines is 1. The molecule has 0 aliphatic heterocycles. The molecular formula is C18H23NO4S. The van der Waals surface area contributed by atoms with Crippen LogP contribution in [-0.2, 0) is 10.0 Å². The number of rotatable bonds is 4. The Balaban J connectivity index is 2.59. The lowest BCUT2D eigenvalue weighted by Gasteiger charge is -2.18. The first-order valence-electron chi connectivity index (χ1n) is 7.56. The fourth-order valence-electron chi connectivity index (χ4n) is 2.88. The normalized spacial score (nSPS) is 11.4. The van der Waals surface area contributed by atoms with Gasteiger partial charge in [-0.3, -0.25) is 4.72 Å². The lowest BCUT2D eigenvalue weighted by Crippen LogP contribution is -2.17. The Morgan fingerprint density at radius 3 is 2.17 bits per heavy atom. The molecule has 0 fully saturated rings. The zero-order valence-corrected chi connectivity index (χ0v) is 15.6. The number of aryl methyl sites for hydroxylation is 3. The van der Waals surface area contributed by atoms with Gasteiger partial charge in [0.2, 0.25) is 0 Å². The molecule has 0 unspecified atom stereocenters. The summed E-state index contributed by atoms with van der Waals surface area (Å²) in [6, 6.07) is 5.11. The number of methoxy groups -OCH3 is 1. The highest BCUT2D eigenvalue weighted by atomic mass is 32.2. The minimum absolute atomic E-state index is 0.0651. The van der Waals surface area contributed by atoms with Crippen molar-refractivity contribution in [2.45, 2.75) is 39.5 Å². The van der Waals surface area contributed by atoms with Gasteiger partial charge in [-0.25, -0.2) is 8.42 Å². The average molecular weight is 349 g/mol. The van der Waals surface area contributed by atoms with E-state index in [9.17, 15) is 13.5 Å². The molecular weight excluding hydrogens is 326 g/mol. The summed E-state index contributed by atoms with van der Waals surface area (Å²) in [4.78, 5) is 0.208. The summed E-state index contributed by atoms with van der Waals surface area (Å²) in [6.07, 6.45) is 0. The van der Waals surface area contributed by atoms with Crippen LogP contribution in [0, 0.1) is 34.6 Å². The zero-order valence-electron chi connectivity index (χ0n) is 14.8. The molecule has 0 saturated heterocycles. The first-order valence-corrected chi connectivity index (χ1v) is 9.04. The van der Waals surface area contributed by atoms with E-state index in [0.29, 0.717) is 22.4 Å². The number of sulfonamides is 1. The summed E-state index contributed by atoms with van der Waals surface area (Å²) in [7, 11) is -2.29. The van der Waals surface area contributed by atoms with Crippen molar-refractivity contribution in [3.63, 3.8) is 0 Å². The van der Waals surface area contributed by atoms with Gasteiger partial charge in [0.25, 0.3) is 10.0 Å². The van der Waals surface area contributed by atoms with Gasteiger partial charge in [0.1, 0.15) is 11.5 Å². The third-order valence-corrected chi connectivity index (χ3v) is 5.81. The Bertz CT molecular complexity index is 902. The second-order valence-electron chi connectivity index (χ2n) is 6.06. The van der Waals surface area contributed by atoms with E-state index in [4.69, 9.17) is 4.74 Å². The third-order valence-electron chi connectivity index (χ3n) is 4.16. The molecule has 0 aromatic heterocycles. The van der Waals surface area contributed by atoms with E-state index in [0.717, 1.165) is 11.1 Å². The minimum Gasteiger partial charge on any atom is -0.505 e. The second kappa shape index (κ2) is 6.36. The molecule has 0 spiro atoms. The first-order chi connectivity index (χ1) is 11.1. The number of nitrogens with one attached hydrogen (secondary N) is 1. The molecule has 6 heteroatoms. The van der Waals surface area contributed by atoms with E-state index >= 15 is 0 Å². The standard InChI is InChI=1S/C18H23NO4S/c1-10-7-11(2)17(20)15(8-10)19-24(21,22)18-12(3)9-16(23-6)13(4)14(18)5/h7-9,19-20H,1-6H3. The second-order valence-corrected chi connectivity index (χ2v) is 7.68. The molecule has 2 N–H and O–H groups in total. The highest BCUT2D eigenvalue weighted by molar-refractivity contribution is 7.92. The van der Waals surface area contributed by atoms with Gasteiger partial charge in [0, 0.05) is 0 Å². The van der Waals surface area contributed by atoms with E-state index < -0.39 is 10.0 Å². The number of ether oxygens (including phenoxy) is 1. The van der Waals surface area contributed by atoms with Gasteiger partial charge >= 0.3 is 0 Å². The number of hydrogen-bond acceptors (Lipinski definition) is 4. The summed E-state index contributed by atoms with van der Waals surface area (Å²) in [6.45, 7) is 8.87. The lowest BCUT2D eigenvalue weighted by molar-refractivity contribution is 0.410. The van der Waals surface area contributed by atoms with E-state index in [-0.39, 0.29) is 16.3 Å². The molecule has 5 nitrogen and oxygen atoms in total. The van der Waals surface area contributed by atoms with Gasteiger partial charge in [-0.2, -0.15) is 0 Å². The summed E-state index contributed by atoms with van der Waals surface area (Å²) >= 11 is 0. The van der Waals surface area contributed by atoms with Crippen molar-refractivity contribution in [2.75, 3.05) is 11.8 Å². The number of hydrogen-bond donors (Lipinski definition) is 2. The van der Waals surface area contributed by atoms with Gasteiger partial charge in [-0.1, -0.05) is 6.07 Å². The Hall–Kier alpha value is -2.21. The molecule has 130 valence electrons. The van der Waals surface area contributed by atoms with Crippen LogP contribution in [0.1, 0.15) is 27.8 Å². The van der Waals surface area contributed by atoms with Crippen molar-refractivity contribution in [3.8, 4) is 11.5 Å². The molecule has 24 heavy (non-hydrogen) atoms. The van der Waals surface area contributed by atoms with Crippen LogP contribution >= 0.6 is 0 Å². The number of phenolic OH excluding ortho intramolecular Hbond substituents is 1. The van der Waals surface area contributed by atoms with Gasteiger partial charge in [-0.15, -0.1) is 0 Å². The van der Waals surface area contributed by atoms with E-state index in [1.807, 2.05) is 13.8 Å². The molecule has 0 aliphatic carbocycles. The van der Waals surface area contributed by atoms with Crippen molar-refractivity contribution < 1.29 is 18.3 Å². The molecule has 0 radical (unpaired) electrons. The maximum absolute atomic E-state index is 12.9. The number of phenols is 1. The molecule has 0 heterocycles. The smallest absolute Gasteiger partial charge is 0.262 e. The van der Waals surface area contributed by atoms with Crippen LogP contribution in [0.4, 0.5) is 5.69 Å². The monoisotopic (exact) mass is 349 g/mol. The van der Waals surface area contributed by atoms with Crippen molar-refractivity contribution in [1.82, 2.24) is 0 Å². The number of benzene rings is 2. The Morgan fingerprint density at radius 1 is 0.958 bits per heavy atom. The van der Waals surface area contributed by atoms with Gasteiger partial charge in [0.05, 0.1) is 17.7 Å². The Labute approximate surface area is 143 Å². The number of aromatic hydroxyl groups is 1. The maximum Gasteiger partial charge on any atom is 0.262 e. The lowest BCUT2D eigenvalue weighted by atomic mass is 10.1. The van der Waals surface area contributed by atoms with E-state index in [1.165, 1.54) is 0 Å². The average Bonchev–Trinajstić information content (AvgIpc) is 2.47. The first kappa shape index (κ1) is 18.1. The molecule has 0 bridgehead atoms. The highest BCUT2D eigenvalue weighted by Gasteiger charge is 2.24. The molecule has 2 aromatic rings. The molecule has 2 aromatic carbocycles. The summed E-state index contributed by atoms with van der Waals surface area (Å²) in [5.41, 5.74) is 3.65. The van der Waals surface area contributed by atoms with Crippen molar-refractivity contribution in [3.05, 3.63) is 46.0 Å². The summed E-state index contributed by atoms with van der Waals surface area (Å²) in [5.74, 6) is 0.586. The molecule has 0 aliphatic rings. The summed E-state index contributed by atoms with van der Waals surface area (Å²) in [5, 5.41) is 10.2. The van der Waals surface area contributed by atoms with Crippen LogP contribution in [0.3, 0.4) is 0 Å². The van der Waals surface area contributed by atoms with E-state index in [2.05, 4.69) is 4.72 Å². The Kier molecular flexibility index (Phi) is 4.80. The predicted molar refractivity (Wildman–Crippen MR) is 95.6 cm³/mol. The molecule has 0 saturated carbocycles. The van der Waals surface area contributed by atoms with Crippen LogP contribution in [0.15, 0.2) is 23.1 Å². The minimum atomic E-state index is -3.84. The van der Waals surface area contributed by atoms with Gasteiger partial charge in [0.15, 0.2) is 0 Å². The quantitative estimate of drug-likeness (QED) is 0.825. The van der Waals surface area contributed by atoms with Gasteiger partial charge < -0.3 is 9.84 Å². The Morgan fingerprint density at radius 2 is 1.58 bits per heavy atom. The van der Waals surface area contributed by atoms with Crippen LogP contribution in [-0.4, -0.2) is 20.6 Å². The van der Waals surface area contributed by atoms with Crippen molar-refractivity contribution in [1.29, 1.82) is 0 Å². The van der Waals surface area contributed by atoms with E-state index in [1.54, 1.807) is 46.1 Å². The maximum atomic E-state index is 12.9. The predicted octanol–water partition coefficient (Wildman–Crippen LogP) is 3.74. The molecule has 2 rings (SSSR count). The topological polar surface area (TPSA) is 75.6 Å². The van der Waals surface area contributed by atoms with Crippen LogP contribution < -0.4 is 9.46 Å². The van der Waals surface area contributed by atoms with Crippen LogP contribution in [0.5, 0.6) is 11.5 Å². The molecule has 0 atom stereocenters. The van der Waals surface area contributed by atoms with Crippen molar-refractivity contribution in [2.24, 2.45) is 0 Å². The fourth-order valence-corrected chi connectivity index (χ4v) is 4.47. The largest absolute Gasteiger partial charge is 0.505 e.